The Kier molecular flexibility index (Phi) is 7.50. The summed E-state index contributed by atoms with van der Waals surface area (Å²) >= 11 is 3.38. The van der Waals surface area contributed by atoms with Crippen LogP contribution in [0.5, 0.6) is 11.5 Å². The van der Waals surface area contributed by atoms with E-state index in [4.69, 9.17) is 13.9 Å². The van der Waals surface area contributed by atoms with E-state index >= 15 is 0 Å². The van der Waals surface area contributed by atoms with Gasteiger partial charge in [-0.15, -0.1) is 0 Å². The first kappa shape index (κ1) is 22.2. The van der Waals surface area contributed by atoms with Crippen LogP contribution in [0.1, 0.15) is 21.7 Å². The highest BCUT2D eigenvalue weighted by Gasteiger charge is 2.17. The number of amides is 2. The van der Waals surface area contributed by atoms with Crippen LogP contribution in [0.25, 0.3) is 6.08 Å². The quantitative estimate of drug-likeness (QED) is 0.468. The molecule has 0 radical (unpaired) electrons. The Hall–Kier alpha value is -3.52. The molecule has 0 aliphatic heterocycles. The average molecular weight is 485 g/mol. The topological polar surface area (TPSA) is 89.8 Å². The maximum atomic E-state index is 12.9. The molecular formula is C23H21BrN2O5. The van der Waals surface area contributed by atoms with Crippen LogP contribution in [-0.4, -0.2) is 26.0 Å². The molecule has 0 aliphatic rings. The Morgan fingerprint density at radius 2 is 1.77 bits per heavy atom. The molecule has 2 aromatic carbocycles. The van der Waals surface area contributed by atoms with Gasteiger partial charge in [0.15, 0.2) is 11.5 Å². The van der Waals surface area contributed by atoms with Crippen molar-refractivity contribution < 1.29 is 23.5 Å². The molecule has 1 aromatic heterocycles. The van der Waals surface area contributed by atoms with E-state index in [1.54, 1.807) is 36.4 Å². The molecule has 0 bridgehead atoms. The van der Waals surface area contributed by atoms with E-state index in [1.807, 2.05) is 24.3 Å². The van der Waals surface area contributed by atoms with E-state index in [2.05, 4.69) is 26.6 Å². The summed E-state index contributed by atoms with van der Waals surface area (Å²) in [5, 5.41) is 5.43. The molecule has 7 nitrogen and oxygen atoms in total. The normalized spacial score (nSPS) is 11.0. The number of methoxy groups -OCH3 is 2. The molecule has 0 saturated heterocycles. The summed E-state index contributed by atoms with van der Waals surface area (Å²) in [5.74, 6) is 0.602. The van der Waals surface area contributed by atoms with Crippen LogP contribution in [0.3, 0.4) is 0 Å². The molecule has 3 rings (SSSR count). The van der Waals surface area contributed by atoms with E-state index in [0.29, 0.717) is 22.8 Å². The maximum Gasteiger partial charge on any atom is 0.268 e. The monoisotopic (exact) mass is 484 g/mol. The fraction of sp³-hybridized carbons (Fsp3) is 0.130. The molecule has 3 aromatic rings. The van der Waals surface area contributed by atoms with Gasteiger partial charge >= 0.3 is 0 Å². The predicted octanol–water partition coefficient (Wildman–Crippen LogP) is 4.15. The molecule has 0 unspecified atom stereocenters. The van der Waals surface area contributed by atoms with Gasteiger partial charge in [-0.2, -0.15) is 0 Å². The van der Waals surface area contributed by atoms with Gasteiger partial charge in [-0.05, 0) is 54.1 Å². The van der Waals surface area contributed by atoms with E-state index in [0.717, 1.165) is 10.0 Å². The molecule has 0 atom stereocenters. The minimum absolute atomic E-state index is 0.0914. The number of halogens is 1. The Morgan fingerprint density at radius 1 is 1.03 bits per heavy atom. The number of hydrogen-bond acceptors (Lipinski definition) is 5. The van der Waals surface area contributed by atoms with Gasteiger partial charge in [-0.3, -0.25) is 9.59 Å². The summed E-state index contributed by atoms with van der Waals surface area (Å²) in [6.45, 7) is 0.190. The zero-order valence-corrected chi connectivity index (χ0v) is 18.6. The fourth-order valence-electron chi connectivity index (χ4n) is 2.73. The van der Waals surface area contributed by atoms with Crippen molar-refractivity contribution in [3.8, 4) is 11.5 Å². The Balaban J connectivity index is 1.83. The van der Waals surface area contributed by atoms with Crippen LogP contribution in [0.15, 0.2) is 75.4 Å². The molecule has 1 heterocycles. The number of rotatable bonds is 8. The SMILES string of the molecule is COc1ccc(C(=O)N/C(=C\c2ccc(Br)cc2)C(=O)NCc2ccco2)cc1OC. The lowest BCUT2D eigenvalue weighted by Gasteiger charge is -2.12. The minimum atomic E-state index is -0.461. The predicted molar refractivity (Wildman–Crippen MR) is 120 cm³/mol. The second kappa shape index (κ2) is 10.5. The average Bonchev–Trinajstić information content (AvgIpc) is 3.31. The summed E-state index contributed by atoms with van der Waals surface area (Å²) < 4.78 is 16.6. The van der Waals surface area contributed by atoms with Crippen molar-refractivity contribution in [2.24, 2.45) is 0 Å². The van der Waals surface area contributed by atoms with Crippen molar-refractivity contribution in [3.05, 3.63) is 87.9 Å². The van der Waals surface area contributed by atoms with Crippen molar-refractivity contribution >= 4 is 33.8 Å². The Morgan fingerprint density at radius 3 is 2.42 bits per heavy atom. The summed E-state index contributed by atoms with van der Waals surface area (Å²) in [4.78, 5) is 25.7. The minimum Gasteiger partial charge on any atom is -0.493 e. The van der Waals surface area contributed by atoms with Gasteiger partial charge < -0.3 is 24.5 Å². The highest BCUT2D eigenvalue weighted by Crippen LogP contribution is 2.27. The Labute approximate surface area is 188 Å². The van der Waals surface area contributed by atoms with Gasteiger partial charge in [-0.25, -0.2) is 0 Å². The first-order valence-corrected chi connectivity index (χ1v) is 10.1. The fourth-order valence-corrected chi connectivity index (χ4v) is 3.00. The molecule has 0 fully saturated rings. The lowest BCUT2D eigenvalue weighted by Crippen LogP contribution is -2.34. The molecule has 8 heteroatoms. The standard InChI is InChI=1S/C23H21BrN2O5/c1-29-20-10-7-16(13-21(20)30-2)22(27)26-19(12-15-5-8-17(24)9-6-15)23(28)25-14-18-4-3-11-31-18/h3-13H,14H2,1-2H3,(H,25,28)(H,26,27)/b19-12-. The maximum absolute atomic E-state index is 12.9. The molecular weight excluding hydrogens is 464 g/mol. The number of carbonyl (C=O) groups is 2. The van der Waals surface area contributed by atoms with Gasteiger partial charge in [0, 0.05) is 10.0 Å². The van der Waals surface area contributed by atoms with Crippen LogP contribution in [0, 0.1) is 0 Å². The van der Waals surface area contributed by atoms with Crippen molar-refractivity contribution in [3.63, 3.8) is 0 Å². The molecule has 0 saturated carbocycles. The number of nitrogens with one attached hydrogen (secondary N) is 2. The van der Waals surface area contributed by atoms with E-state index < -0.39 is 11.8 Å². The molecule has 0 spiro atoms. The van der Waals surface area contributed by atoms with Crippen LogP contribution in [-0.2, 0) is 11.3 Å². The largest absolute Gasteiger partial charge is 0.493 e. The van der Waals surface area contributed by atoms with Crippen molar-refractivity contribution in [1.29, 1.82) is 0 Å². The Bertz CT molecular complexity index is 1080. The van der Waals surface area contributed by atoms with E-state index in [1.165, 1.54) is 20.5 Å². The third-order valence-electron chi connectivity index (χ3n) is 4.32. The summed E-state index contributed by atoms with van der Waals surface area (Å²) in [6, 6.07) is 15.6. The van der Waals surface area contributed by atoms with Gasteiger partial charge in [0.2, 0.25) is 0 Å². The molecule has 2 N–H and O–H groups in total. The number of furan rings is 1. The first-order valence-electron chi connectivity index (χ1n) is 9.31. The zero-order chi connectivity index (χ0) is 22.2. The highest BCUT2D eigenvalue weighted by atomic mass is 79.9. The van der Waals surface area contributed by atoms with Gasteiger partial charge in [0.25, 0.3) is 11.8 Å². The summed E-state index contributed by atoms with van der Waals surface area (Å²) in [7, 11) is 3.00. The second-order valence-corrected chi connectivity index (χ2v) is 7.31. The zero-order valence-electron chi connectivity index (χ0n) is 17.0. The van der Waals surface area contributed by atoms with Gasteiger partial charge in [0.1, 0.15) is 11.5 Å². The van der Waals surface area contributed by atoms with Crippen molar-refractivity contribution in [2.75, 3.05) is 14.2 Å². The number of hydrogen-bond donors (Lipinski definition) is 2. The molecule has 0 aliphatic carbocycles. The lowest BCUT2D eigenvalue weighted by molar-refractivity contribution is -0.118. The lowest BCUT2D eigenvalue weighted by atomic mass is 10.1. The smallest absolute Gasteiger partial charge is 0.268 e. The van der Waals surface area contributed by atoms with Crippen LogP contribution >= 0.6 is 15.9 Å². The van der Waals surface area contributed by atoms with Crippen LogP contribution in [0.4, 0.5) is 0 Å². The second-order valence-electron chi connectivity index (χ2n) is 6.40. The van der Waals surface area contributed by atoms with Gasteiger partial charge in [-0.1, -0.05) is 28.1 Å². The van der Waals surface area contributed by atoms with Crippen molar-refractivity contribution in [2.45, 2.75) is 6.54 Å². The third kappa shape index (κ3) is 5.99. The van der Waals surface area contributed by atoms with Crippen LogP contribution in [0.2, 0.25) is 0 Å². The van der Waals surface area contributed by atoms with Crippen molar-refractivity contribution in [1.82, 2.24) is 10.6 Å². The van der Waals surface area contributed by atoms with Crippen LogP contribution < -0.4 is 20.1 Å². The highest BCUT2D eigenvalue weighted by molar-refractivity contribution is 9.10. The molecule has 31 heavy (non-hydrogen) atoms. The first-order chi connectivity index (χ1) is 15.0. The van der Waals surface area contributed by atoms with Gasteiger partial charge in [0.05, 0.1) is 27.0 Å². The summed E-state index contributed by atoms with van der Waals surface area (Å²) in [5.41, 5.74) is 1.16. The third-order valence-corrected chi connectivity index (χ3v) is 4.85. The van der Waals surface area contributed by atoms with E-state index in [-0.39, 0.29) is 12.2 Å². The summed E-state index contributed by atoms with van der Waals surface area (Å²) in [6.07, 6.45) is 3.13. The van der Waals surface area contributed by atoms with E-state index in [9.17, 15) is 9.59 Å². The molecule has 2 amide bonds. The molecule has 160 valence electrons. The number of ether oxygens (including phenoxy) is 2. The number of carbonyl (C=O) groups excluding carboxylic acids is 2. The number of benzene rings is 2.